The number of rotatable bonds is 3. The Labute approximate surface area is 97.8 Å². The molecule has 3 N–H and O–H groups in total. The molecule has 0 aliphatic rings. The van der Waals surface area contributed by atoms with Gasteiger partial charge in [0.05, 0.1) is 0 Å². The highest BCUT2D eigenvalue weighted by molar-refractivity contribution is 5.92. The number of nitrogens with two attached hydrogens (primary N) is 1. The van der Waals surface area contributed by atoms with Gasteiger partial charge < -0.3 is 11.1 Å². The largest absolute Gasteiger partial charge is 0.370 e. The van der Waals surface area contributed by atoms with Gasteiger partial charge in [-0.1, -0.05) is 39.0 Å². The Morgan fingerprint density at radius 2 is 1.88 bits per heavy atom. The van der Waals surface area contributed by atoms with Gasteiger partial charge in [-0.2, -0.15) is 0 Å². The lowest BCUT2D eigenvalue weighted by molar-refractivity contribution is 0.385. The number of nitrogens with one attached hydrogen (secondary N) is 1. The SMILES string of the molecule is CC(C)(C)CCN=C(N)Nc1ccccc1. The first kappa shape index (κ1) is 12.6. The molecule has 0 heterocycles. The molecule has 0 radical (unpaired) electrons. The predicted octanol–water partition coefficient (Wildman–Crippen LogP) is 2.85. The summed E-state index contributed by atoms with van der Waals surface area (Å²) in [6.07, 6.45) is 1.03. The van der Waals surface area contributed by atoms with Crippen molar-refractivity contribution >= 4 is 11.6 Å². The van der Waals surface area contributed by atoms with Crippen LogP contribution >= 0.6 is 0 Å². The van der Waals surface area contributed by atoms with E-state index in [-0.39, 0.29) is 0 Å². The van der Waals surface area contributed by atoms with Gasteiger partial charge in [-0.15, -0.1) is 0 Å². The molecule has 1 aromatic carbocycles. The van der Waals surface area contributed by atoms with E-state index in [9.17, 15) is 0 Å². The summed E-state index contributed by atoms with van der Waals surface area (Å²) in [5.74, 6) is 0.482. The number of hydrogen-bond acceptors (Lipinski definition) is 1. The number of guanidine groups is 1. The molecule has 1 aromatic rings. The smallest absolute Gasteiger partial charge is 0.193 e. The standard InChI is InChI=1S/C13H21N3/c1-13(2,3)9-10-15-12(14)16-11-7-5-4-6-8-11/h4-8H,9-10H2,1-3H3,(H3,14,15,16). The fraction of sp³-hybridized carbons (Fsp3) is 0.462. The van der Waals surface area contributed by atoms with Crippen LogP contribution in [0.4, 0.5) is 5.69 Å². The van der Waals surface area contributed by atoms with Crippen molar-refractivity contribution in [3.8, 4) is 0 Å². The first-order valence-corrected chi connectivity index (χ1v) is 5.59. The summed E-state index contributed by atoms with van der Waals surface area (Å²) in [7, 11) is 0. The van der Waals surface area contributed by atoms with Crippen molar-refractivity contribution in [3.05, 3.63) is 30.3 Å². The average Bonchev–Trinajstić information content (AvgIpc) is 2.17. The molecule has 0 bridgehead atoms. The highest BCUT2D eigenvalue weighted by Gasteiger charge is 2.08. The lowest BCUT2D eigenvalue weighted by Gasteiger charge is -2.16. The monoisotopic (exact) mass is 219 g/mol. The first-order valence-electron chi connectivity index (χ1n) is 5.59. The molecule has 0 atom stereocenters. The molecule has 0 saturated carbocycles. The number of nitrogens with zero attached hydrogens (tertiary/aromatic N) is 1. The van der Waals surface area contributed by atoms with Crippen LogP contribution in [0.2, 0.25) is 0 Å². The van der Waals surface area contributed by atoms with E-state index in [0.29, 0.717) is 11.4 Å². The summed E-state index contributed by atoms with van der Waals surface area (Å²) >= 11 is 0. The van der Waals surface area contributed by atoms with Gasteiger partial charge in [-0.3, -0.25) is 4.99 Å². The highest BCUT2D eigenvalue weighted by Crippen LogP contribution is 2.17. The average molecular weight is 219 g/mol. The molecule has 0 amide bonds. The molecule has 0 unspecified atom stereocenters. The molecule has 0 aliphatic heterocycles. The van der Waals surface area contributed by atoms with Gasteiger partial charge in [0, 0.05) is 12.2 Å². The molecule has 3 heteroatoms. The fourth-order valence-electron chi connectivity index (χ4n) is 1.22. The third-order valence-corrected chi connectivity index (χ3v) is 2.19. The van der Waals surface area contributed by atoms with Crippen molar-refractivity contribution in [2.24, 2.45) is 16.1 Å². The van der Waals surface area contributed by atoms with Gasteiger partial charge in [0.2, 0.25) is 0 Å². The molecular formula is C13H21N3. The van der Waals surface area contributed by atoms with Crippen LogP contribution in [0.3, 0.4) is 0 Å². The molecule has 0 aliphatic carbocycles. The number of benzene rings is 1. The van der Waals surface area contributed by atoms with E-state index >= 15 is 0 Å². The van der Waals surface area contributed by atoms with Crippen molar-refractivity contribution < 1.29 is 0 Å². The summed E-state index contributed by atoms with van der Waals surface area (Å²) in [5, 5.41) is 3.06. The normalized spacial score (nSPS) is 12.6. The van der Waals surface area contributed by atoms with Crippen LogP contribution in [0, 0.1) is 5.41 Å². The Morgan fingerprint density at radius 3 is 2.44 bits per heavy atom. The lowest BCUT2D eigenvalue weighted by Crippen LogP contribution is -2.23. The maximum absolute atomic E-state index is 5.77. The van der Waals surface area contributed by atoms with Gasteiger partial charge in [0.25, 0.3) is 0 Å². The van der Waals surface area contributed by atoms with Crippen LogP contribution in [-0.4, -0.2) is 12.5 Å². The Balaban J connectivity index is 2.41. The zero-order chi connectivity index (χ0) is 12.0. The third-order valence-electron chi connectivity index (χ3n) is 2.19. The number of hydrogen-bond donors (Lipinski definition) is 2. The summed E-state index contributed by atoms with van der Waals surface area (Å²) < 4.78 is 0. The van der Waals surface area contributed by atoms with E-state index in [2.05, 4.69) is 31.1 Å². The molecular weight excluding hydrogens is 198 g/mol. The van der Waals surface area contributed by atoms with Gasteiger partial charge in [-0.25, -0.2) is 0 Å². The summed E-state index contributed by atoms with van der Waals surface area (Å²) in [6.45, 7) is 7.35. The van der Waals surface area contributed by atoms with Crippen molar-refractivity contribution in [2.45, 2.75) is 27.2 Å². The van der Waals surface area contributed by atoms with Crippen molar-refractivity contribution in [1.82, 2.24) is 0 Å². The highest BCUT2D eigenvalue weighted by atomic mass is 15.1. The molecule has 0 fully saturated rings. The van der Waals surface area contributed by atoms with Crippen molar-refractivity contribution in [3.63, 3.8) is 0 Å². The lowest BCUT2D eigenvalue weighted by atomic mass is 9.93. The Kier molecular flexibility index (Phi) is 4.35. The zero-order valence-electron chi connectivity index (χ0n) is 10.3. The second-order valence-electron chi connectivity index (χ2n) is 5.07. The van der Waals surface area contributed by atoms with Crippen LogP contribution < -0.4 is 11.1 Å². The fourth-order valence-corrected chi connectivity index (χ4v) is 1.22. The molecule has 0 saturated heterocycles. The quantitative estimate of drug-likeness (QED) is 0.606. The van der Waals surface area contributed by atoms with Gasteiger partial charge >= 0.3 is 0 Å². The van der Waals surface area contributed by atoms with Gasteiger partial charge in [0.15, 0.2) is 5.96 Å². The first-order chi connectivity index (χ1) is 7.47. The second kappa shape index (κ2) is 5.54. The second-order valence-corrected chi connectivity index (χ2v) is 5.07. The third kappa shape index (κ3) is 5.39. The minimum atomic E-state index is 0.302. The number of para-hydroxylation sites is 1. The minimum Gasteiger partial charge on any atom is -0.370 e. The van der Waals surface area contributed by atoms with Crippen LogP contribution in [-0.2, 0) is 0 Å². The Morgan fingerprint density at radius 1 is 1.25 bits per heavy atom. The summed E-state index contributed by atoms with van der Waals surface area (Å²) in [5.41, 5.74) is 7.05. The van der Waals surface area contributed by atoms with E-state index in [0.717, 1.165) is 18.7 Å². The van der Waals surface area contributed by atoms with Crippen molar-refractivity contribution in [1.29, 1.82) is 0 Å². The van der Waals surface area contributed by atoms with E-state index < -0.39 is 0 Å². The number of anilines is 1. The van der Waals surface area contributed by atoms with Gasteiger partial charge in [0.1, 0.15) is 0 Å². The van der Waals surface area contributed by atoms with Gasteiger partial charge in [-0.05, 0) is 24.0 Å². The number of aliphatic imine (C=N–C) groups is 1. The van der Waals surface area contributed by atoms with Crippen LogP contribution in [0.15, 0.2) is 35.3 Å². The molecule has 3 nitrogen and oxygen atoms in total. The van der Waals surface area contributed by atoms with E-state index in [4.69, 9.17) is 5.73 Å². The predicted molar refractivity (Wildman–Crippen MR) is 70.6 cm³/mol. The maximum Gasteiger partial charge on any atom is 0.193 e. The van der Waals surface area contributed by atoms with E-state index in [1.54, 1.807) is 0 Å². The minimum absolute atomic E-state index is 0.302. The molecule has 16 heavy (non-hydrogen) atoms. The van der Waals surface area contributed by atoms with Crippen LogP contribution in [0.1, 0.15) is 27.2 Å². The van der Waals surface area contributed by atoms with Crippen molar-refractivity contribution in [2.75, 3.05) is 11.9 Å². The summed E-state index contributed by atoms with van der Waals surface area (Å²) in [6, 6.07) is 9.83. The van der Waals surface area contributed by atoms with Crippen LogP contribution in [0.25, 0.3) is 0 Å². The topological polar surface area (TPSA) is 50.4 Å². The molecule has 0 aromatic heterocycles. The van der Waals surface area contributed by atoms with E-state index in [1.165, 1.54) is 0 Å². The summed E-state index contributed by atoms with van der Waals surface area (Å²) in [4.78, 5) is 4.29. The molecule has 0 spiro atoms. The molecule has 88 valence electrons. The Bertz CT molecular complexity index is 336. The van der Waals surface area contributed by atoms with E-state index in [1.807, 2.05) is 30.3 Å². The maximum atomic E-state index is 5.77. The van der Waals surface area contributed by atoms with Crippen LogP contribution in [0.5, 0.6) is 0 Å². The zero-order valence-corrected chi connectivity index (χ0v) is 10.3. The Hall–Kier alpha value is -1.51. The molecule has 1 rings (SSSR count).